The van der Waals surface area contributed by atoms with E-state index in [-0.39, 0.29) is 17.1 Å². The Kier molecular flexibility index (Phi) is 3.74. The summed E-state index contributed by atoms with van der Waals surface area (Å²) in [6, 6.07) is 12.5. The largest absolute Gasteiger partial charge is 0.504 e. The van der Waals surface area contributed by atoms with Crippen molar-refractivity contribution in [3.8, 4) is 17.1 Å². The Labute approximate surface area is 126 Å². The summed E-state index contributed by atoms with van der Waals surface area (Å²) < 4.78 is 0. The van der Waals surface area contributed by atoms with Crippen LogP contribution in [0.1, 0.15) is 10.4 Å². The lowest BCUT2D eigenvalue weighted by molar-refractivity contribution is 0.102. The number of nitrogens with zero attached hydrogens (tertiary/aromatic N) is 3. The number of hydrogen-bond donors (Lipinski definition) is 2. The highest BCUT2D eigenvalue weighted by Crippen LogP contribution is 2.19. The Morgan fingerprint density at radius 2 is 1.68 bits per heavy atom. The van der Waals surface area contributed by atoms with Gasteiger partial charge in [0.2, 0.25) is 0 Å². The molecule has 0 aliphatic heterocycles. The van der Waals surface area contributed by atoms with Gasteiger partial charge >= 0.3 is 0 Å². The summed E-state index contributed by atoms with van der Waals surface area (Å²) in [6.45, 7) is 0. The fraction of sp³-hybridized carbons (Fsp3) is 0. The van der Waals surface area contributed by atoms with E-state index in [0.717, 1.165) is 5.56 Å². The lowest BCUT2D eigenvalue weighted by Gasteiger charge is -2.06. The lowest BCUT2D eigenvalue weighted by atomic mass is 10.2. The summed E-state index contributed by atoms with van der Waals surface area (Å²) in [5.74, 6) is 0.101. The van der Waals surface area contributed by atoms with Crippen LogP contribution in [0.25, 0.3) is 11.4 Å². The molecule has 1 amide bonds. The Hall–Kier alpha value is -3.28. The summed E-state index contributed by atoms with van der Waals surface area (Å²) in [5, 5.41) is 12.1. The third kappa shape index (κ3) is 2.90. The summed E-state index contributed by atoms with van der Waals surface area (Å²) >= 11 is 0. The van der Waals surface area contributed by atoms with Crippen molar-refractivity contribution in [1.29, 1.82) is 0 Å². The first kappa shape index (κ1) is 13.7. The van der Waals surface area contributed by atoms with Crippen LogP contribution >= 0.6 is 0 Å². The number of pyridine rings is 1. The minimum atomic E-state index is -0.436. The second kappa shape index (κ2) is 6.01. The van der Waals surface area contributed by atoms with Crippen LogP contribution in [0.2, 0.25) is 0 Å². The zero-order valence-corrected chi connectivity index (χ0v) is 11.5. The molecule has 6 heteroatoms. The van der Waals surface area contributed by atoms with Crippen molar-refractivity contribution in [3.63, 3.8) is 0 Å². The van der Waals surface area contributed by atoms with Gasteiger partial charge in [-0.05, 0) is 12.1 Å². The molecule has 0 saturated heterocycles. The van der Waals surface area contributed by atoms with E-state index in [1.165, 1.54) is 24.7 Å². The van der Waals surface area contributed by atoms with Gasteiger partial charge in [-0.2, -0.15) is 0 Å². The molecule has 1 aromatic carbocycles. The van der Waals surface area contributed by atoms with Gasteiger partial charge in [-0.1, -0.05) is 30.3 Å². The number of anilines is 1. The van der Waals surface area contributed by atoms with E-state index >= 15 is 0 Å². The molecule has 22 heavy (non-hydrogen) atoms. The molecular weight excluding hydrogens is 280 g/mol. The van der Waals surface area contributed by atoms with Gasteiger partial charge in [0.15, 0.2) is 17.4 Å². The van der Waals surface area contributed by atoms with Crippen LogP contribution in [0, 0.1) is 0 Å². The van der Waals surface area contributed by atoms with E-state index < -0.39 is 5.91 Å². The minimum Gasteiger partial charge on any atom is -0.504 e. The second-order valence-electron chi connectivity index (χ2n) is 4.49. The summed E-state index contributed by atoms with van der Waals surface area (Å²) in [7, 11) is 0. The van der Waals surface area contributed by atoms with Crippen molar-refractivity contribution in [2.24, 2.45) is 0 Å². The van der Waals surface area contributed by atoms with Gasteiger partial charge in [0, 0.05) is 24.2 Å². The maximum absolute atomic E-state index is 12.1. The molecule has 3 aromatic rings. The average molecular weight is 292 g/mol. The van der Waals surface area contributed by atoms with Crippen LogP contribution in [-0.4, -0.2) is 26.0 Å². The highest BCUT2D eigenvalue weighted by molar-refractivity contribution is 6.04. The Balaban J connectivity index is 1.78. The van der Waals surface area contributed by atoms with Crippen molar-refractivity contribution in [2.75, 3.05) is 5.32 Å². The molecule has 0 radical (unpaired) electrons. The molecule has 0 aliphatic carbocycles. The van der Waals surface area contributed by atoms with Crippen LogP contribution in [0.15, 0.2) is 61.1 Å². The first-order valence-electron chi connectivity index (χ1n) is 6.57. The van der Waals surface area contributed by atoms with E-state index in [9.17, 15) is 9.90 Å². The van der Waals surface area contributed by atoms with E-state index in [0.29, 0.717) is 5.82 Å². The maximum Gasteiger partial charge on any atom is 0.260 e. The molecule has 2 aromatic heterocycles. The fourth-order valence-corrected chi connectivity index (χ4v) is 1.85. The van der Waals surface area contributed by atoms with Crippen molar-refractivity contribution in [1.82, 2.24) is 15.0 Å². The molecule has 0 bridgehead atoms. The van der Waals surface area contributed by atoms with Gasteiger partial charge in [-0.3, -0.25) is 4.79 Å². The molecule has 0 atom stereocenters. The van der Waals surface area contributed by atoms with Crippen LogP contribution in [0.5, 0.6) is 5.75 Å². The first-order valence-corrected chi connectivity index (χ1v) is 6.57. The normalized spacial score (nSPS) is 10.2. The van der Waals surface area contributed by atoms with Gasteiger partial charge in [-0.25, -0.2) is 15.0 Å². The summed E-state index contributed by atoms with van der Waals surface area (Å²) in [5.41, 5.74) is 1.15. The molecule has 3 rings (SSSR count). The number of rotatable bonds is 3. The quantitative estimate of drug-likeness (QED) is 0.774. The van der Waals surface area contributed by atoms with Crippen LogP contribution < -0.4 is 5.32 Å². The van der Waals surface area contributed by atoms with E-state index in [1.807, 2.05) is 30.3 Å². The summed E-state index contributed by atoms with van der Waals surface area (Å²) in [6.07, 6.45) is 4.35. The molecule has 6 nitrogen and oxygen atoms in total. The zero-order valence-electron chi connectivity index (χ0n) is 11.5. The summed E-state index contributed by atoms with van der Waals surface area (Å²) in [4.78, 5) is 24.3. The van der Waals surface area contributed by atoms with Gasteiger partial charge < -0.3 is 10.4 Å². The van der Waals surface area contributed by atoms with E-state index in [2.05, 4.69) is 20.3 Å². The van der Waals surface area contributed by atoms with Gasteiger partial charge in [0.1, 0.15) is 0 Å². The van der Waals surface area contributed by atoms with Crippen molar-refractivity contribution in [3.05, 3.63) is 66.6 Å². The van der Waals surface area contributed by atoms with Gasteiger partial charge in [-0.15, -0.1) is 0 Å². The maximum atomic E-state index is 12.1. The Bertz CT molecular complexity index is 789. The predicted octanol–water partition coefficient (Wildman–Crippen LogP) is 2.50. The topological polar surface area (TPSA) is 88.0 Å². The van der Waals surface area contributed by atoms with Crippen molar-refractivity contribution >= 4 is 11.7 Å². The number of nitrogens with one attached hydrogen (secondary N) is 1. The molecule has 0 spiro atoms. The second-order valence-corrected chi connectivity index (χ2v) is 4.49. The lowest BCUT2D eigenvalue weighted by Crippen LogP contribution is -2.13. The molecule has 0 unspecified atom stereocenters. The smallest absolute Gasteiger partial charge is 0.260 e. The van der Waals surface area contributed by atoms with Crippen molar-refractivity contribution in [2.45, 2.75) is 0 Å². The molecule has 0 fully saturated rings. The van der Waals surface area contributed by atoms with Crippen LogP contribution in [0.3, 0.4) is 0 Å². The fourth-order valence-electron chi connectivity index (χ4n) is 1.85. The van der Waals surface area contributed by atoms with Gasteiger partial charge in [0.05, 0.1) is 5.56 Å². The standard InChI is InChI=1S/C16H12N4O2/c21-13-7-4-8-17-15(13)20-16(22)12-9-18-14(19-10-12)11-5-2-1-3-6-11/h1-10,21H,(H,17,20,22). The number of hydrogen-bond acceptors (Lipinski definition) is 5. The van der Waals surface area contributed by atoms with Crippen LogP contribution in [-0.2, 0) is 0 Å². The molecule has 108 valence electrons. The third-order valence-electron chi connectivity index (χ3n) is 2.96. The minimum absolute atomic E-state index is 0.0969. The van der Waals surface area contributed by atoms with E-state index in [4.69, 9.17) is 0 Å². The number of carbonyl (C=O) groups is 1. The molecule has 0 saturated carbocycles. The number of benzene rings is 1. The number of carbonyl (C=O) groups excluding carboxylic acids is 1. The Morgan fingerprint density at radius 3 is 2.36 bits per heavy atom. The highest BCUT2D eigenvalue weighted by Gasteiger charge is 2.11. The Morgan fingerprint density at radius 1 is 0.955 bits per heavy atom. The number of aromatic hydroxyl groups is 1. The third-order valence-corrected chi connectivity index (χ3v) is 2.96. The molecule has 0 aliphatic rings. The number of aromatic nitrogens is 3. The zero-order chi connectivity index (χ0) is 15.4. The van der Waals surface area contributed by atoms with Gasteiger partial charge in [0.25, 0.3) is 5.91 Å². The monoisotopic (exact) mass is 292 g/mol. The number of amides is 1. The molecule has 2 heterocycles. The van der Waals surface area contributed by atoms with Crippen LogP contribution in [0.4, 0.5) is 5.82 Å². The van der Waals surface area contributed by atoms with E-state index in [1.54, 1.807) is 6.07 Å². The molecular formula is C16H12N4O2. The SMILES string of the molecule is O=C(Nc1ncccc1O)c1cnc(-c2ccccc2)nc1. The molecule has 2 N–H and O–H groups in total. The predicted molar refractivity (Wildman–Crippen MR) is 81.3 cm³/mol. The average Bonchev–Trinajstić information content (AvgIpc) is 2.58. The first-order chi connectivity index (χ1) is 10.7. The van der Waals surface area contributed by atoms with Crippen molar-refractivity contribution < 1.29 is 9.90 Å². The highest BCUT2D eigenvalue weighted by atomic mass is 16.3.